The number of carboxylic acids is 1. The number of hydrogen-bond donors (Lipinski definition) is 3. The third kappa shape index (κ3) is 4.70. The van der Waals surface area contributed by atoms with Gasteiger partial charge in [0, 0.05) is 6.20 Å². The Kier molecular flexibility index (Phi) is 6.09. The first-order valence-electron chi connectivity index (χ1n) is 10.1. The maximum atomic E-state index is 13.2. The number of aryl methyl sites for hydroxylation is 2. The molecule has 0 aliphatic heterocycles. The molecule has 168 valence electrons. The van der Waals surface area contributed by atoms with Gasteiger partial charge in [0.05, 0.1) is 35.7 Å². The Morgan fingerprint density at radius 2 is 1.88 bits per heavy atom. The molecule has 3 heterocycles. The average Bonchev–Trinajstić information content (AvgIpc) is 3.24. The van der Waals surface area contributed by atoms with E-state index in [0.717, 1.165) is 5.69 Å². The van der Waals surface area contributed by atoms with E-state index >= 15 is 0 Å². The van der Waals surface area contributed by atoms with Gasteiger partial charge in [-0.05, 0) is 55.3 Å². The number of hydrogen-bond acceptors (Lipinski definition) is 7. The molecule has 0 spiro atoms. The number of pyridine rings is 1. The third-order valence-electron chi connectivity index (χ3n) is 5.07. The zero-order valence-corrected chi connectivity index (χ0v) is 17.9. The van der Waals surface area contributed by atoms with E-state index in [1.807, 2.05) is 19.2 Å². The molecule has 0 radical (unpaired) electrons. The molecule has 0 saturated carbocycles. The number of anilines is 1. The minimum Gasteiger partial charge on any atom is -0.479 e. The Labute approximate surface area is 188 Å². The predicted octanol–water partition coefficient (Wildman–Crippen LogP) is 3.21. The zero-order chi connectivity index (χ0) is 23.5. The fourth-order valence-electron chi connectivity index (χ4n) is 3.37. The summed E-state index contributed by atoms with van der Waals surface area (Å²) in [5.41, 5.74) is 4.00. The molecule has 0 aliphatic rings. The normalized spacial score (nSPS) is 11.9. The molecule has 9 nitrogen and oxygen atoms in total. The van der Waals surface area contributed by atoms with Gasteiger partial charge in [0.25, 0.3) is 0 Å². The van der Waals surface area contributed by atoms with Gasteiger partial charge in [-0.15, -0.1) is 10.2 Å². The van der Waals surface area contributed by atoms with Crippen LogP contribution in [-0.4, -0.2) is 40.9 Å². The van der Waals surface area contributed by atoms with E-state index in [1.165, 1.54) is 24.3 Å². The SMILES string of the molecule is Cc1cn(-c2ccc(-c3cc(C)c(N[C@@H](C(=O)O)c4ccc(F)cc4)nn3)nc2CO)cn1. The molecule has 3 aromatic heterocycles. The van der Waals surface area contributed by atoms with Crippen LogP contribution in [0.3, 0.4) is 0 Å². The highest BCUT2D eigenvalue weighted by Crippen LogP contribution is 2.25. The van der Waals surface area contributed by atoms with E-state index in [-0.39, 0.29) is 12.4 Å². The van der Waals surface area contributed by atoms with Crippen molar-refractivity contribution in [2.75, 3.05) is 5.32 Å². The summed E-state index contributed by atoms with van der Waals surface area (Å²) >= 11 is 0. The molecule has 1 aromatic carbocycles. The van der Waals surface area contributed by atoms with Crippen LogP contribution in [0.1, 0.15) is 28.6 Å². The number of aromatic nitrogens is 5. The maximum absolute atomic E-state index is 13.2. The van der Waals surface area contributed by atoms with Crippen LogP contribution in [0.2, 0.25) is 0 Å². The van der Waals surface area contributed by atoms with Crippen molar-refractivity contribution in [2.45, 2.75) is 26.5 Å². The lowest BCUT2D eigenvalue weighted by molar-refractivity contribution is -0.138. The van der Waals surface area contributed by atoms with Crippen molar-refractivity contribution in [1.29, 1.82) is 0 Å². The molecule has 0 unspecified atom stereocenters. The van der Waals surface area contributed by atoms with Crippen molar-refractivity contribution >= 4 is 11.8 Å². The number of nitrogens with one attached hydrogen (secondary N) is 1. The first-order valence-corrected chi connectivity index (χ1v) is 10.1. The van der Waals surface area contributed by atoms with Gasteiger partial charge < -0.3 is 20.1 Å². The predicted molar refractivity (Wildman–Crippen MR) is 118 cm³/mol. The number of aliphatic carboxylic acids is 1. The van der Waals surface area contributed by atoms with E-state index < -0.39 is 17.8 Å². The summed E-state index contributed by atoms with van der Waals surface area (Å²) in [6.07, 6.45) is 3.48. The first kappa shape index (κ1) is 22.0. The quantitative estimate of drug-likeness (QED) is 0.393. The number of carboxylic acid groups (broad SMARTS) is 1. The summed E-state index contributed by atoms with van der Waals surface area (Å²) in [4.78, 5) is 20.5. The highest BCUT2D eigenvalue weighted by Gasteiger charge is 2.22. The molecule has 4 aromatic rings. The topological polar surface area (TPSA) is 126 Å². The lowest BCUT2D eigenvalue weighted by Crippen LogP contribution is -2.22. The van der Waals surface area contributed by atoms with E-state index in [4.69, 9.17) is 0 Å². The van der Waals surface area contributed by atoms with Crippen LogP contribution in [0.4, 0.5) is 10.2 Å². The van der Waals surface area contributed by atoms with Crippen LogP contribution in [0.25, 0.3) is 17.1 Å². The fourth-order valence-corrected chi connectivity index (χ4v) is 3.37. The number of carbonyl (C=O) groups is 1. The lowest BCUT2D eigenvalue weighted by Gasteiger charge is -2.17. The molecule has 0 amide bonds. The molecule has 0 aliphatic carbocycles. The first-order chi connectivity index (χ1) is 15.9. The summed E-state index contributed by atoms with van der Waals surface area (Å²) in [5.74, 6) is -1.30. The second-order valence-electron chi connectivity index (χ2n) is 7.47. The van der Waals surface area contributed by atoms with E-state index in [1.54, 1.807) is 30.0 Å². The van der Waals surface area contributed by atoms with Gasteiger partial charge >= 0.3 is 5.97 Å². The van der Waals surface area contributed by atoms with Gasteiger partial charge in [-0.3, -0.25) is 0 Å². The summed E-state index contributed by atoms with van der Waals surface area (Å²) in [7, 11) is 0. The van der Waals surface area contributed by atoms with E-state index in [9.17, 15) is 19.4 Å². The summed E-state index contributed by atoms with van der Waals surface area (Å²) in [6, 6.07) is 9.39. The summed E-state index contributed by atoms with van der Waals surface area (Å²) in [5, 5.41) is 30.6. The molecule has 0 bridgehead atoms. The second-order valence-corrected chi connectivity index (χ2v) is 7.47. The minimum atomic E-state index is -1.13. The van der Waals surface area contributed by atoms with Crippen LogP contribution in [0, 0.1) is 19.7 Å². The molecule has 3 N–H and O–H groups in total. The molecule has 33 heavy (non-hydrogen) atoms. The Hall–Kier alpha value is -4.18. The van der Waals surface area contributed by atoms with Crippen molar-refractivity contribution in [3.8, 4) is 17.1 Å². The zero-order valence-electron chi connectivity index (χ0n) is 17.9. The van der Waals surface area contributed by atoms with Gasteiger partial charge in [0.2, 0.25) is 0 Å². The van der Waals surface area contributed by atoms with Crippen molar-refractivity contribution < 1.29 is 19.4 Å². The fraction of sp³-hybridized carbons (Fsp3) is 0.174. The minimum absolute atomic E-state index is 0.273. The van der Waals surface area contributed by atoms with Gasteiger partial charge in [-0.1, -0.05) is 12.1 Å². The maximum Gasteiger partial charge on any atom is 0.330 e. The molecular formula is C23H21FN6O3. The molecule has 0 fully saturated rings. The van der Waals surface area contributed by atoms with Crippen molar-refractivity contribution in [3.05, 3.63) is 83.3 Å². The van der Waals surface area contributed by atoms with E-state index in [0.29, 0.717) is 33.9 Å². The third-order valence-corrected chi connectivity index (χ3v) is 5.07. The number of aliphatic hydroxyl groups is 1. The molecule has 4 rings (SSSR count). The van der Waals surface area contributed by atoms with E-state index in [2.05, 4.69) is 25.5 Å². The number of imidazole rings is 1. The summed E-state index contributed by atoms with van der Waals surface area (Å²) < 4.78 is 15.0. The highest BCUT2D eigenvalue weighted by molar-refractivity contribution is 5.79. The molecule has 1 atom stereocenters. The van der Waals surface area contributed by atoms with Crippen molar-refractivity contribution in [3.63, 3.8) is 0 Å². The number of nitrogens with zero attached hydrogens (tertiary/aromatic N) is 5. The highest BCUT2D eigenvalue weighted by atomic mass is 19.1. The monoisotopic (exact) mass is 448 g/mol. The van der Waals surface area contributed by atoms with Crippen LogP contribution in [-0.2, 0) is 11.4 Å². The Balaban J connectivity index is 1.62. The van der Waals surface area contributed by atoms with Crippen LogP contribution < -0.4 is 5.32 Å². The van der Waals surface area contributed by atoms with Crippen LogP contribution in [0.5, 0.6) is 0 Å². The van der Waals surface area contributed by atoms with Crippen molar-refractivity contribution in [2.24, 2.45) is 0 Å². The van der Waals surface area contributed by atoms with Gasteiger partial charge in [0.1, 0.15) is 11.5 Å². The largest absolute Gasteiger partial charge is 0.479 e. The molecule has 10 heteroatoms. The Morgan fingerprint density at radius 1 is 1.12 bits per heavy atom. The number of rotatable bonds is 7. The Bertz CT molecular complexity index is 1310. The Morgan fingerprint density at radius 3 is 2.48 bits per heavy atom. The van der Waals surface area contributed by atoms with Crippen LogP contribution in [0.15, 0.2) is 55.0 Å². The number of halogens is 1. The molecule has 0 saturated heterocycles. The molecular weight excluding hydrogens is 427 g/mol. The lowest BCUT2D eigenvalue weighted by atomic mass is 10.1. The van der Waals surface area contributed by atoms with Crippen molar-refractivity contribution in [1.82, 2.24) is 24.7 Å². The standard InChI is InChI=1S/C23H21FN6O3/c1-13-9-18(17-7-8-20(19(11-31)26-17)30-10-14(2)25-12-30)28-29-22(13)27-21(23(32)33)15-3-5-16(24)6-4-15/h3-10,12,21,31H,11H2,1-2H3,(H,27,29)(H,32,33)/t21-/m1/s1. The average molecular weight is 448 g/mol. The van der Waals surface area contributed by atoms with Gasteiger partial charge in [-0.25, -0.2) is 19.2 Å². The van der Waals surface area contributed by atoms with Gasteiger partial charge in [-0.2, -0.15) is 0 Å². The van der Waals surface area contributed by atoms with Gasteiger partial charge in [0.15, 0.2) is 11.9 Å². The second kappa shape index (κ2) is 9.13. The van der Waals surface area contributed by atoms with Crippen LogP contribution >= 0.6 is 0 Å². The summed E-state index contributed by atoms with van der Waals surface area (Å²) in [6.45, 7) is 3.36. The number of aliphatic hydroxyl groups excluding tert-OH is 1. The number of benzene rings is 1. The smallest absolute Gasteiger partial charge is 0.330 e.